The maximum absolute atomic E-state index is 9.84. The molecule has 1 N–H and O–H groups in total. The monoisotopic (exact) mass is 257 g/mol. The molecule has 4 heteroatoms. The molecular formula is C13H20ClNO2. The normalized spacial score (nSPS) is 11.5. The largest absolute Gasteiger partial charge is 0.494 e. The van der Waals surface area contributed by atoms with E-state index in [2.05, 4.69) is 0 Å². The standard InChI is InChI=1S/C13H20ClNO2/c1-9-6-10(14)7-11(12(9)17-5)15(4)8-13(2,3)16/h6-7,16H,8H2,1-5H3. The predicted molar refractivity (Wildman–Crippen MR) is 72.3 cm³/mol. The highest BCUT2D eigenvalue weighted by molar-refractivity contribution is 6.31. The highest BCUT2D eigenvalue weighted by atomic mass is 35.5. The fourth-order valence-corrected chi connectivity index (χ4v) is 2.19. The maximum Gasteiger partial charge on any atom is 0.145 e. The minimum Gasteiger partial charge on any atom is -0.494 e. The van der Waals surface area contributed by atoms with Crippen LogP contribution in [0.15, 0.2) is 12.1 Å². The molecule has 3 nitrogen and oxygen atoms in total. The number of aliphatic hydroxyl groups is 1. The van der Waals surface area contributed by atoms with Gasteiger partial charge >= 0.3 is 0 Å². The van der Waals surface area contributed by atoms with Crippen molar-refractivity contribution in [2.45, 2.75) is 26.4 Å². The Bertz CT molecular complexity index is 399. The average Bonchev–Trinajstić information content (AvgIpc) is 2.13. The van der Waals surface area contributed by atoms with Crippen LogP contribution in [0.3, 0.4) is 0 Å². The Morgan fingerprint density at radius 3 is 2.47 bits per heavy atom. The highest BCUT2D eigenvalue weighted by Gasteiger charge is 2.19. The zero-order valence-corrected chi connectivity index (χ0v) is 11.8. The Morgan fingerprint density at radius 1 is 1.41 bits per heavy atom. The van der Waals surface area contributed by atoms with Gasteiger partial charge in [-0.1, -0.05) is 11.6 Å². The number of aryl methyl sites for hydroxylation is 1. The van der Waals surface area contributed by atoms with E-state index in [9.17, 15) is 5.11 Å². The molecule has 0 spiro atoms. The Morgan fingerprint density at radius 2 is 2.00 bits per heavy atom. The molecule has 1 aromatic carbocycles. The van der Waals surface area contributed by atoms with E-state index in [1.807, 2.05) is 31.0 Å². The number of methoxy groups -OCH3 is 1. The van der Waals surface area contributed by atoms with E-state index in [0.29, 0.717) is 11.6 Å². The number of anilines is 1. The van der Waals surface area contributed by atoms with Crippen LogP contribution in [0.1, 0.15) is 19.4 Å². The van der Waals surface area contributed by atoms with Crippen LogP contribution in [0.4, 0.5) is 5.69 Å². The molecule has 1 aromatic rings. The Labute approximate surface area is 108 Å². The van der Waals surface area contributed by atoms with Gasteiger partial charge in [-0.25, -0.2) is 0 Å². The van der Waals surface area contributed by atoms with Crippen molar-refractivity contribution in [2.24, 2.45) is 0 Å². The second-order valence-electron chi connectivity index (χ2n) is 4.94. The van der Waals surface area contributed by atoms with Gasteiger partial charge in [0.15, 0.2) is 0 Å². The molecule has 0 aliphatic rings. The third kappa shape index (κ3) is 3.79. The average molecular weight is 258 g/mol. The van der Waals surface area contributed by atoms with Gasteiger partial charge in [-0.2, -0.15) is 0 Å². The van der Waals surface area contributed by atoms with Gasteiger partial charge in [0.25, 0.3) is 0 Å². The van der Waals surface area contributed by atoms with Gasteiger partial charge in [0.05, 0.1) is 18.4 Å². The molecule has 0 heterocycles. The highest BCUT2D eigenvalue weighted by Crippen LogP contribution is 2.34. The number of hydrogen-bond acceptors (Lipinski definition) is 3. The summed E-state index contributed by atoms with van der Waals surface area (Å²) in [7, 11) is 3.54. The van der Waals surface area contributed by atoms with Gasteiger partial charge in [-0.05, 0) is 38.5 Å². The molecule has 0 unspecified atom stereocenters. The summed E-state index contributed by atoms with van der Waals surface area (Å²) in [6.07, 6.45) is 0. The first-order chi connectivity index (χ1) is 7.74. The molecule has 0 saturated carbocycles. The summed E-state index contributed by atoms with van der Waals surface area (Å²) in [4.78, 5) is 1.94. The first kappa shape index (κ1) is 14.1. The number of hydrogen-bond donors (Lipinski definition) is 1. The van der Waals surface area contributed by atoms with Gasteiger partial charge in [0.1, 0.15) is 5.75 Å². The lowest BCUT2D eigenvalue weighted by atomic mass is 10.1. The molecule has 0 aliphatic heterocycles. The minimum absolute atomic E-state index is 0.503. The van der Waals surface area contributed by atoms with E-state index in [4.69, 9.17) is 16.3 Å². The van der Waals surface area contributed by atoms with Crippen molar-refractivity contribution >= 4 is 17.3 Å². The molecule has 0 aromatic heterocycles. The molecule has 0 amide bonds. The van der Waals surface area contributed by atoms with Crippen LogP contribution in [0.25, 0.3) is 0 Å². The molecule has 0 saturated heterocycles. The van der Waals surface area contributed by atoms with Crippen LogP contribution in [0.2, 0.25) is 5.02 Å². The van der Waals surface area contributed by atoms with Crippen LogP contribution in [0.5, 0.6) is 5.75 Å². The van der Waals surface area contributed by atoms with Crippen molar-refractivity contribution in [1.29, 1.82) is 0 Å². The maximum atomic E-state index is 9.84. The molecule has 96 valence electrons. The molecule has 0 aliphatic carbocycles. The van der Waals surface area contributed by atoms with Crippen LogP contribution in [-0.4, -0.2) is 31.4 Å². The first-order valence-corrected chi connectivity index (χ1v) is 5.90. The first-order valence-electron chi connectivity index (χ1n) is 5.52. The van der Waals surface area contributed by atoms with Crippen molar-refractivity contribution in [3.63, 3.8) is 0 Å². The lowest BCUT2D eigenvalue weighted by Crippen LogP contribution is -2.36. The van der Waals surface area contributed by atoms with Crippen LogP contribution >= 0.6 is 11.6 Å². The fraction of sp³-hybridized carbons (Fsp3) is 0.538. The number of nitrogens with zero attached hydrogens (tertiary/aromatic N) is 1. The summed E-state index contributed by atoms with van der Waals surface area (Å²) >= 11 is 6.05. The Hall–Kier alpha value is -0.930. The SMILES string of the molecule is COc1c(C)cc(Cl)cc1N(C)CC(C)(C)O. The molecular weight excluding hydrogens is 238 g/mol. The van der Waals surface area contributed by atoms with E-state index < -0.39 is 5.60 Å². The third-order valence-electron chi connectivity index (χ3n) is 2.46. The quantitative estimate of drug-likeness (QED) is 0.900. The van der Waals surface area contributed by atoms with Crippen molar-refractivity contribution < 1.29 is 9.84 Å². The Kier molecular flexibility index (Phi) is 4.28. The zero-order valence-electron chi connectivity index (χ0n) is 11.0. The van der Waals surface area contributed by atoms with E-state index in [1.54, 1.807) is 21.0 Å². The molecule has 0 bridgehead atoms. The van der Waals surface area contributed by atoms with Gasteiger partial charge in [-0.15, -0.1) is 0 Å². The summed E-state index contributed by atoms with van der Waals surface area (Å²) in [5.74, 6) is 0.793. The molecule has 0 radical (unpaired) electrons. The smallest absolute Gasteiger partial charge is 0.145 e. The molecule has 1 rings (SSSR count). The number of ether oxygens (including phenoxy) is 1. The topological polar surface area (TPSA) is 32.7 Å². The molecule has 0 fully saturated rings. The number of benzene rings is 1. The van der Waals surface area contributed by atoms with Gasteiger partial charge in [-0.3, -0.25) is 0 Å². The second kappa shape index (κ2) is 5.15. The Balaban J connectivity index is 3.11. The summed E-state index contributed by atoms with van der Waals surface area (Å²) in [6.45, 7) is 6.00. The van der Waals surface area contributed by atoms with Crippen molar-refractivity contribution in [3.8, 4) is 5.75 Å². The fourth-order valence-electron chi connectivity index (χ4n) is 1.93. The lowest BCUT2D eigenvalue weighted by Gasteiger charge is -2.29. The second-order valence-corrected chi connectivity index (χ2v) is 5.38. The summed E-state index contributed by atoms with van der Waals surface area (Å²) in [5.41, 5.74) is 1.10. The summed E-state index contributed by atoms with van der Waals surface area (Å²) < 4.78 is 5.38. The van der Waals surface area contributed by atoms with Gasteiger partial charge < -0.3 is 14.7 Å². The number of rotatable bonds is 4. The van der Waals surface area contributed by atoms with Crippen molar-refractivity contribution in [3.05, 3.63) is 22.7 Å². The zero-order chi connectivity index (χ0) is 13.2. The molecule has 0 atom stereocenters. The number of likely N-dealkylation sites (N-methyl/N-ethyl adjacent to an activating group) is 1. The third-order valence-corrected chi connectivity index (χ3v) is 2.68. The van der Waals surface area contributed by atoms with Crippen molar-refractivity contribution in [2.75, 3.05) is 25.6 Å². The van der Waals surface area contributed by atoms with E-state index in [1.165, 1.54) is 0 Å². The van der Waals surface area contributed by atoms with Crippen LogP contribution in [0, 0.1) is 6.92 Å². The summed E-state index contributed by atoms with van der Waals surface area (Å²) in [6, 6.07) is 3.71. The number of halogens is 1. The van der Waals surface area contributed by atoms with Crippen LogP contribution < -0.4 is 9.64 Å². The van der Waals surface area contributed by atoms with Gasteiger partial charge in [0.2, 0.25) is 0 Å². The summed E-state index contributed by atoms with van der Waals surface area (Å²) in [5, 5.41) is 10.5. The van der Waals surface area contributed by atoms with Crippen LogP contribution in [-0.2, 0) is 0 Å². The van der Waals surface area contributed by atoms with E-state index in [-0.39, 0.29) is 0 Å². The van der Waals surface area contributed by atoms with Crippen molar-refractivity contribution in [1.82, 2.24) is 0 Å². The molecule has 17 heavy (non-hydrogen) atoms. The van der Waals surface area contributed by atoms with E-state index in [0.717, 1.165) is 17.0 Å². The van der Waals surface area contributed by atoms with E-state index >= 15 is 0 Å². The predicted octanol–water partition coefficient (Wildman–Crippen LogP) is 2.86. The lowest BCUT2D eigenvalue weighted by molar-refractivity contribution is 0.0885. The van der Waals surface area contributed by atoms with Gasteiger partial charge in [0, 0.05) is 18.6 Å². The minimum atomic E-state index is -0.768.